The molecule has 0 atom stereocenters. The molecule has 2 N–H and O–H groups in total. The van der Waals surface area contributed by atoms with Crippen molar-refractivity contribution >= 4 is 65.4 Å². The van der Waals surface area contributed by atoms with E-state index in [1.807, 2.05) is 0 Å². The van der Waals surface area contributed by atoms with Gasteiger partial charge in [0.2, 0.25) is 0 Å². The van der Waals surface area contributed by atoms with Gasteiger partial charge in [-0.3, -0.25) is 19.2 Å². The fourth-order valence-electron chi connectivity index (χ4n) is 1.05. The average Bonchev–Trinajstić information content (AvgIpc) is 2.25. The van der Waals surface area contributed by atoms with Crippen LogP contribution >= 0.6 is 0 Å². The summed E-state index contributed by atoms with van der Waals surface area (Å²) in [5, 5.41) is 17.0. The molecule has 0 amide bonds. The van der Waals surface area contributed by atoms with Crippen LogP contribution in [0.25, 0.3) is 0 Å². The van der Waals surface area contributed by atoms with E-state index >= 15 is 0 Å². The molecule has 11 heteroatoms. The van der Waals surface area contributed by atoms with Crippen molar-refractivity contribution in [2.24, 2.45) is 5.92 Å². The first-order valence-electron chi connectivity index (χ1n) is 5.05. The third-order valence-corrected chi connectivity index (χ3v) is 1.77. The molecule has 0 aliphatic rings. The average molecular weight is 314 g/mol. The summed E-state index contributed by atoms with van der Waals surface area (Å²) >= 11 is 0. The Bertz CT molecular complexity index is 452. The summed E-state index contributed by atoms with van der Waals surface area (Å²) in [6.45, 7) is 0.824. The SMILES string of the molecule is CC(=O)OC(=O)C(=O)OC(=O)C(CC(=O)O)CC(=O)O.[NaH]. The third kappa shape index (κ3) is 9.71. The Hall–Kier alpha value is -1.78. The Morgan fingerprint density at radius 2 is 1.24 bits per heavy atom. The number of carboxylic acids is 2. The van der Waals surface area contributed by atoms with Crippen LogP contribution in [0.3, 0.4) is 0 Å². The first-order chi connectivity index (χ1) is 9.13. The third-order valence-electron chi connectivity index (χ3n) is 1.77. The summed E-state index contributed by atoms with van der Waals surface area (Å²) in [6.07, 6.45) is -1.81. The first-order valence-corrected chi connectivity index (χ1v) is 5.05. The van der Waals surface area contributed by atoms with Gasteiger partial charge in [0, 0.05) is 6.92 Å². The number of carbonyl (C=O) groups excluding carboxylic acids is 4. The Balaban J connectivity index is 0. The van der Waals surface area contributed by atoms with Gasteiger partial charge in [0.05, 0.1) is 18.8 Å². The minimum absolute atomic E-state index is 0. The molecule has 0 heterocycles. The summed E-state index contributed by atoms with van der Waals surface area (Å²) in [5.74, 6) is -10.9. The van der Waals surface area contributed by atoms with Crippen molar-refractivity contribution < 1.29 is 48.5 Å². The van der Waals surface area contributed by atoms with E-state index in [4.69, 9.17) is 10.2 Å². The molecular formula is C10H11NaO10. The van der Waals surface area contributed by atoms with Gasteiger partial charge in [-0.15, -0.1) is 0 Å². The zero-order valence-electron chi connectivity index (χ0n) is 10.2. The standard InChI is InChI=1S/C10H10O10.Na.H/c1-4(11)19-9(17)10(18)20-8(16)5(2-6(12)13)3-7(14)15;;/h5H,2-3H2,1H3,(H,12,13)(H,14,15);;. The van der Waals surface area contributed by atoms with Gasteiger partial charge in [0.25, 0.3) is 0 Å². The van der Waals surface area contributed by atoms with E-state index in [0.29, 0.717) is 0 Å². The van der Waals surface area contributed by atoms with Crippen LogP contribution in [0, 0.1) is 5.92 Å². The summed E-state index contributed by atoms with van der Waals surface area (Å²) in [4.78, 5) is 64.5. The zero-order chi connectivity index (χ0) is 15.9. The van der Waals surface area contributed by atoms with Crippen LogP contribution in [0.4, 0.5) is 0 Å². The summed E-state index contributed by atoms with van der Waals surface area (Å²) < 4.78 is 7.76. The zero-order valence-corrected chi connectivity index (χ0v) is 10.2. The number of carbonyl (C=O) groups is 6. The van der Waals surface area contributed by atoms with Crippen LogP contribution in [0.2, 0.25) is 0 Å². The maximum atomic E-state index is 11.4. The predicted molar refractivity (Wildman–Crippen MR) is 63.0 cm³/mol. The molecule has 0 fully saturated rings. The molecule has 0 bridgehead atoms. The fourth-order valence-corrected chi connectivity index (χ4v) is 1.05. The van der Waals surface area contributed by atoms with Gasteiger partial charge in [0.15, 0.2) is 0 Å². The molecule has 0 aromatic heterocycles. The van der Waals surface area contributed by atoms with E-state index in [2.05, 4.69) is 9.47 Å². The molecule has 0 rings (SSSR count). The number of hydrogen-bond acceptors (Lipinski definition) is 8. The van der Waals surface area contributed by atoms with Crippen molar-refractivity contribution in [3.63, 3.8) is 0 Å². The molecule has 0 aromatic rings. The molecule has 0 spiro atoms. The van der Waals surface area contributed by atoms with Crippen molar-refractivity contribution in [3.8, 4) is 0 Å². The molecule has 112 valence electrons. The van der Waals surface area contributed by atoms with Gasteiger partial charge in [0.1, 0.15) is 0 Å². The Kier molecular flexibility index (Phi) is 10.3. The molecule has 0 radical (unpaired) electrons. The molecular weight excluding hydrogens is 303 g/mol. The van der Waals surface area contributed by atoms with Crippen LogP contribution in [-0.4, -0.2) is 75.6 Å². The van der Waals surface area contributed by atoms with Crippen molar-refractivity contribution in [2.45, 2.75) is 19.8 Å². The predicted octanol–water partition coefficient (Wildman–Crippen LogP) is -1.94. The second kappa shape index (κ2) is 10.0. The minimum atomic E-state index is -1.84. The Morgan fingerprint density at radius 1 is 0.857 bits per heavy atom. The normalized spacial score (nSPS) is 9.24. The molecule has 10 nitrogen and oxygen atoms in total. The van der Waals surface area contributed by atoms with Gasteiger partial charge in [-0.25, -0.2) is 9.59 Å². The second-order valence-corrected chi connectivity index (χ2v) is 3.48. The van der Waals surface area contributed by atoms with E-state index in [0.717, 1.165) is 6.92 Å². The number of rotatable bonds is 5. The Morgan fingerprint density at radius 3 is 1.57 bits per heavy atom. The van der Waals surface area contributed by atoms with Gasteiger partial charge in [-0.05, 0) is 0 Å². The molecule has 21 heavy (non-hydrogen) atoms. The number of carboxylic acid groups (broad SMARTS) is 2. The summed E-state index contributed by atoms with van der Waals surface area (Å²) in [6, 6.07) is 0. The van der Waals surface area contributed by atoms with Gasteiger partial charge < -0.3 is 19.7 Å². The molecule has 0 saturated heterocycles. The van der Waals surface area contributed by atoms with E-state index in [-0.39, 0.29) is 29.6 Å². The van der Waals surface area contributed by atoms with E-state index in [9.17, 15) is 28.8 Å². The quantitative estimate of drug-likeness (QED) is 0.253. The molecule has 0 aliphatic heterocycles. The second-order valence-electron chi connectivity index (χ2n) is 3.48. The Labute approximate surface area is 139 Å². The summed E-state index contributed by atoms with van der Waals surface area (Å²) in [5.41, 5.74) is 0. The van der Waals surface area contributed by atoms with Gasteiger partial charge >= 0.3 is 65.4 Å². The van der Waals surface area contributed by atoms with E-state index in [1.165, 1.54) is 0 Å². The van der Waals surface area contributed by atoms with Crippen LogP contribution in [0.1, 0.15) is 19.8 Å². The van der Waals surface area contributed by atoms with Crippen molar-refractivity contribution in [2.75, 3.05) is 0 Å². The number of aliphatic carboxylic acids is 2. The van der Waals surface area contributed by atoms with E-state index < -0.39 is 54.6 Å². The molecule has 0 saturated carbocycles. The summed E-state index contributed by atoms with van der Waals surface area (Å²) in [7, 11) is 0. The van der Waals surface area contributed by atoms with Crippen molar-refractivity contribution in [1.82, 2.24) is 0 Å². The van der Waals surface area contributed by atoms with Crippen molar-refractivity contribution in [3.05, 3.63) is 0 Å². The monoisotopic (exact) mass is 314 g/mol. The number of hydrogen-bond donors (Lipinski definition) is 2. The van der Waals surface area contributed by atoms with Gasteiger partial charge in [-0.1, -0.05) is 0 Å². The number of ether oxygens (including phenoxy) is 2. The van der Waals surface area contributed by atoms with Crippen molar-refractivity contribution in [1.29, 1.82) is 0 Å². The van der Waals surface area contributed by atoms with Crippen LogP contribution < -0.4 is 0 Å². The topological polar surface area (TPSA) is 161 Å². The first kappa shape index (κ1) is 21.5. The maximum absolute atomic E-state index is 11.4. The van der Waals surface area contributed by atoms with Crippen LogP contribution in [0.15, 0.2) is 0 Å². The van der Waals surface area contributed by atoms with Gasteiger partial charge in [-0.2, -0.15) is 0 Å². The molecule has 0 unspecified atom stereocenters. The van der Waals surface area contributed by atoms with E-state index in [1.54, 1.807) is 0 Å². The van der Waals surface area contributed by atoms with Crippen LogP contribution in [0.5, 0.6) is 0 Å². The molecule has 0 aliphatic carbocycles. The van der Waals surface area contributed by atoms with Crippen LogP contribution in [-0.2, 0) is 38.2 Å². The fraction of sp³-hybridized carbons (Fsp3) is 0.400. The molecule has 0 aromatic carbocycles. The number of esters is 4.